The van der Waals surface area contributed by atoms with Gasteiger partial charge < -0.3 is 15.7 Å². The molecule has 0 atom stereocenters. The number of hydrogen-bond acceptors (Lipinski definition) is 5. The van der Waals surface area contributed by atoms with Crippen LogP contribution in [0, 0.1) is 6.92 Å². The van der Waals surface area contributed by atoms with Crippen LogP contribution in [0.3, 0.4) is 0 Å². The molecule has 3 aromatic rings. The first kappa shape index (κ1) is 15.5. The lowest BCUT2D eigenvalue weighted by atomic mass is 10.2. The lowest BCUT2D eigenvalue weighted by Gasteiger charge is -2.09. The molecule has 0 aliphatic carbocycles. The molecule has 6 nitrogen and oxygen atoms in total. The summed E-state index contributed by atoms with van der Waals surface area (Å²) in [4.78, 5) is 19.2. The number of aryl methyl sites for hydroxylation is 1. The van der Waals surface area contributed by atoms with Gasteiger partial charge in [0, 0.05) is 17.4 Å². The summed E-state index contributed by atoms with van der Waals surface area (Å²) in [5.41, 5.74) is 3.10. The van der Waals surface area contributed by atoms with Crippen LogP contribution in [0.4, 0.5) is 23.0 Å². The van der Waals surface area contributed by atoms with Crippen molar-refractivity contribution in [2.75, 3.05) is 10.6 Å². The average molecular weight is 320 g/mol. The predicted molar refractivity (Wildman–Crippen MR) is 93.2 cm³/mol. The van der Waals surface area contributed by atoms with Gasteiger partial charge in [-0.15, -0.1) is 0 Å². The molecule has 2 aromatic carbocycles. The standard InChI is InChI=1S/C18H16N4O2/c1-12-3-2-4-15(9-12)22-17-10-16(19-11-20-17)21-14-7-5-13(6-8-14)18(23)24/h2-11H,1H3,(H,23,24)(H2,19,20,21,22). The summed E-state index contributed by atoms with van der Waals surface area (Å²) in [7, 11) is 0. The molecule has 0 bridgehead atoms. The highest BCUT2D eigenvalue weighted by Gasteiger charge is 2.04. The molecule has 0 spiro atoms. The van der Waals surface area contributed by atoms with Crippen molar-refractivity contribution in [3.05, 3.63) is 72.1 Å². The first-order chi connectivity index (χ1) is 11.6. The van der Waals surface area contributed by atoms with Crippen LogP contribution in [0.5, 0.6) is 0 Å². The lowest BCUT2D eigenvalue weighted by Crippen LogP contribution is -1.99. The molecule has 1 aromatic heterocycles. The highest BCUT2D eigenvalue weighted by molar-refractivity contribution is 5.88. The number of nitrogens with zero attached hydrogens (tertiary/aromatic N) is 2. The van der Waals surface area contributed by atoms with Crippen LogP contribution >= 0.6 is 0 Å². The minimum Gasteiger partial charge on any atom is -0.478 e. The predicted octanol–water partition coefficient (Wildman–Crippen LogP) is 3.97. The maximum absolute atomic E-state index is 10.9. The van der Waals surface area contributed by atoms with Gasteiger partial charge in [-0.2, -0.15) is 0 Å². The summed E-state index contributed by atoms with van der Waals surface area (Å²) in [5.74, 6) is 0.330. The average Bonchev–Trinajstić information content (AvgIpc) is 2.56. The van der Waals surface area contributed by atoms with Crippen molar-refractivity contribution in [1.29, 1.82) is 0 Å². The maximum Gasteiger partial charge on any atom is 0.335 e. The molecule has 1 heterocycles. The molecule has 3 rings (SSSR count). The van der Waals surface area contributed by atoms with Crippen LogP contribution in [-0.2, 0) is 0 Å². The van der Waals surface area contributed by atoms with Gasteiger partial charge in [-0.1, -0.05) is 12.1 Å². The van der Waals surface area contributed by atoms with Crippen molar-refractivity contribution in [2.24, 2.45) is 0 Å². The number of aromatic carboxylic acids is 1. The minimum absolute atomic E-state index is 0.241. The minimum atomic E-state index is -0.951. The Bertz CT molecular complexity index is 863. The van der Waals surface area contributed by atoms with Crippen LogP contribution in [0.2, 0.25) is 0 Å². The first-order valence-electron chi connectivity index (χ1n) is 7.36. The van der Waals surface area contributed by atoms with E-state index in [1.54, 1.807) is 18.2 Å². The van der Waals surface area contributed by atoms with Gasteiger partial charge in [-0.3, -0.25) is 0 Å². The molecule has 3 N–H and O–H groups in total. The van der Waals surface area contributed by atoms with Gasteiger partial charge in [-0.05, 0) is 48.9 Å². The fourth-order valence-corrected chi connectivity index (χ4v) is 2.21. The van der Waals surface area contributed by atoms with Gasteiger partial charge in [0.05, 0.1) is 5.56 Å². The van der Waals surface area contributed by atoms with Gasteiger partial charge in [0.1, 0.15) is 18.0 Å². The molecule has 24 heavy (non-hydrogen) atoms. The maximum atomic E-state index is 10.9. The number of anilines is 4. The largest absolute Gasteiger partial charge is 0.478 e. The number of nitrogens with one attached hydrogen (secondary N) is 2. The second-order valence-electron chi connectivity index (χ2n) is 5.29. The number of carboxylic acids is 1. The molecule has 0 aliphatic rings. The summed E-state index contributed by atoms with van der Waals surface area (Å²) in [6, 6.07) is 16.2. The second-order valence-corrected chi connectivity index (χ2v) is 5.29. The topological polar surface area (TPSA) is 87.1 Å². The van der Waals surface area contributed by atoms with Gasteiger partial charge in [0.25, 0.3) is 0 Å². The van der Waals surface area contributed by atoms with E-state index in [0.29, 0.717) is 11.6 Å². The summed E-state index contributed by atoms with van der Waals surface area (Å²) in [6.45, 7) is 2.03. The number of carbonyl (C=O) groups is 1. The Balaban J connectivity index is 1.74. The third kappa shape index (κ3) is 3.86. The summed E-state index contributed by atoms with van der Waals surface area (Å²) >= 11 is 0. The van der Waals surface area contributed by atoms with Crippen molar-refractivity contribution >= 4 is 29.0 Å². The fourth-order valence-electron chi connectivity index (χ4n) is 2.21. The normalized spacial score (nSPS) is 10.2. The third-order valence-corrected chi connectivity index (χ3v) is 3.36. The van der Waals surface area contributed by atoms with Crippen molar-refractivity contribution in [3.8, 4) is 0 Å². The van der Waals surface area contributed by atoms with E-state index in [2.05, 4.69) is 20.6 Å². The second kappa shape index (κ2) is 6.78. The van der Waals surface area contributed by atoms with Gasteiger partial charge in [0.15, 0.2) is 0 Å². The number of rotatable bonds is 5. The Hall–Kier alpha value is -3.41. The highest BCUT2D eigenvalue weighted by Crippen LogP contribution is 2.20. The van der Waals surface area contributed by atoms with E-state index in [1.165, 1.54) is 18.5 Å². The third-order valence-electron chi connectivity index (χ3n) is 3.36. The molecule has 0 saturated carbocycles. The molecule has 0 fully saturated rings. The molecule has 0 saturated heterocycles. The molecule has 6 heteroatoms. The van der Waals surface area contributed by atoms with E-state index in [0.717, 1.165) is 16.9 Å². The monoisotopic (exact) mass is 320 g/mol. The van der Waals surface area contributed by atoms with E-state index in [4.69, 9.17) is 5.11 Å². The zero-order chi connectivity index (χ0) is 16.9. The molecule has 0 amide bonds. The molecular formula is C18H16N4O2. The zero-order valence-corrected chi connectivity index (χ0v) is 13.0. The van der Waals surface area contributed by atoms with Crippen LogP contribution in [0.25, 0.3) is 0 Å². The Kier molecular flexibility index (Phi) is 4.38. The summed E-state index contributed by atoms with van der Waals surface area (Å²) in [6.07, 6.45) is 1.46. The summed E-state index contributed by atoms with van der Waals surface area (Å²) in [5, 5.41) is 15.3. The Labute approximate surface area is 139 Å². The smallest absolute Gasteiger partial charge is 0.335 e. The molecular weight excluding hydrogens is 304 g/mol. The highest BCUT2D eigenvalue weighted by atomic mass is 16.4. The SMILES string of the molecule is Cc1cccc(Nc2cc(Nc3ccc(C(=O)O)cc3)ncn2)c1. The number of carboxylic acid groups (broad SMARTS) is 1. The molecule has 0 aliphatic heterocycles. The van der Waals surface area contributed by atoms with E-state index in [1.807, 2.05) is 31.2 Å². The quantitative estimate of drug-likeness (QED) is 0.659. The van der Waals surface area contributed by atoms with Gasteiger partial charge >= 0.3 is 5.97 Å². The lowest BCUT2D eigenvalue weighted by molar-refractivity contribution is 0.0697. The van der Waals surface area contributed by atoms with E-state index in [9.17, 15) is 4.79 Å². The number of benzene rings is 2. The molecule has 0 radical (unpaired) electrons. The Morgan fingerprint density at radius 1 is 0.917 bits per heavy atom. The fraction of sp³-hybridized carbons (Fsp3) is 0.0556. The van der Waals surface area contributed by atoms with Crippen LogP contribution < -0.4 is 10.6 Å². The van der Waals surface area contributed by atoms with Gasteiger partial charge in [0.2, 0.25) is 0 Å². The Morgan fingerprint density at radius 3 is 2.21 bits per heavy atom. The van der Waals surface area contributed by atoms with Crippen LogP contribution in [0.15, 0.2) is 60.9 Å². The first-order valence-corrected chi connectivity index (χ1v) is 7.36. The molecule has 120 valence electrons. The zero-order valence-electron chi connectivity index (χ0n) is 13.0. The number of hydrogen-bond donors (Lipinski definition) is 3. The van der Waals surface area contributed by atoms with Crippen molar-refractivity contribution in [3.63, 3.8) is 0 Å². The van der Waals surface area contributed by atoms with Crippen molar-refractivity contribution in [1.82, 2.24) is 9.97 Å². The summed E-state index contributed by atoms with van der Waals surface area (Å²) < 4.78 is 0. The van der Waals surface area contributed by atoms with E-state index in [-0.39, 0.29) is 5.56 Å². The van der Waals surface area contributed by atoms with Gasteiger partial charge in [-0.25, -0.2) is 14.8 Å². The molecule has 0 unspecified atom stereocenters. The van der Waals surface area contributed by atoms with Crippen LogP contribution in [-0.4, -0.2) is 21.0 Å². The van der Waals surface area contributed by atoms with Crippen LogP contribution in [0.1, 0.15) is 15.9 Å². The van der Waals surface area contributed by atoms with E-state index < -0.39 is 5.97 Å². The number of aromatic nitrogens is 2. The van der Waals surface area contributed by atoms with E-state index >= 15 is 0 Å². The Morgan fingerprint density at radius 2 is 1.58 bits per heavy atom. The van der Waals surface area contributed by atoms with Crippen molar-refractivity contribution in [2.45, 2.75) is 6.92 Å². The van der Waals surface area contributed by atoms with Crippen molar-refractivity contribution < 1.29 is 9.90 Å².